The van der Waals surface area contributed by atoms with Gasteiger partial charge < -0.3 is 4.74 Å². The number of carbonyl (C=O) groups is 2. The van der Waals surface area contributed by atoms with Crippen LogP contribution in [0.25, 0.3) is 0 Å². The second-order valence-corrected chi connectivity index (χ2v) is 5.70. The Hall–Kier alpha value is -0.330. The molecule has 0 bridgehead atoms. The maximum absolute atomic E-state index is 11.7. The van der Waals surface area contributed by atoms with Gasteiger partial charge in [0.1, 0.15) is 11.6 Å². The van der Waals surface area contributed by atoms with E-state index in [4.69, 9.17) is 4.74 Å². The molecule has 1 rings (SSSR count). The standard InChI is InChI=1S/C10H16INO3/c1-10(2,3)15-9(14)12-6-4-5-7(12)8(11)13/h7H,4-6H2,1-3H3/t7-/m1/s1. The van der Waals surface area contributed by atoms with Crippen LogP contribution in [-0.2, 0) is 9.53 Å². The molecule has 1 atom stereocenters. The molecule has 1 aliphatic rings. The molecule has 1 amide bonds. The van der Waals surface area contributed by atoms with Gasteiger partial charge in [-0.1, -0.05) is 0 Å². The van der Waals surface area contributed by atoms with Crippen molar-refractivity contribution in [2.24, 2.45) is 0 Å². The van der Waals surface area contributed by atoms with E-state index in [2.05, 4.69) is 0 Å². The average Bonchev–Trinajstić information content (AvgIpc) is 2.47. The van der Waals surface area contributed by atoms with Gasteiger partial charge in [-0.15, -0.1) is 0 Å². The van der Waals surface area contributed by atoms with Gasteiger partial charge in [0.25, 0.3) is 0 Å². The number of ether oxygens (including phenoxy) is 1. The maximum Gasteiger partial charge on any atom is 0.410 e. The summed E-state index contributed by atoms with van der Waals surface area (Å²) in [6.45, 7) is 6.08. The van der Waals surface area contributed by atoms with Crippen molar-refractivity contribution in [3.8, 4) is 0 Å². The topological polar surface area (TPSA) is 46.6 Å². The first-order valence-electron chi connectivity index (χ1n) is 5.00. The second kappa shape index (κ2) is 4.67. The molecular formula is C10H16INO3. The zero-order valence-corrected chi connectivity index (χ0v) is 11.4. The quantitative estimate of drug-likeness (QED) is 0.549. The summed E-state index contributed by atoms with van der Waals surface area (Å²) in [6, 6.07) is -0.291. The molecule has 0 unspecified atom stereocenters. The number of rotatable bonds is 1. The average molecular weight is 325 g/mol. The van der Waals surface area contributed by atoms with Crippen molar-refractivity contribution in [2.45, 2.75) is 45.3 Å². The van der Waals surface area contributed by atoms with Crippen LogP contribution < -0.4 is 0 Å². The lowest BCUT2D eigenvalue weighted by atomic mass is 10.2. The highest BCUT2D eigenvalue weighted by Crippen LogP contribution is 2.22. The lowest BCUT2D eigenvalue weighted by Gasteiger charge is -2.27. The van der Waals surface area contributed by atoms with Crippen molar-refractivity contribution < 1.29 is 14.3 Å². The Morgan fingerprint density at radius 1 is 1.40 bits per heavy atom. The van der Waals surface area contributed by atoms with Gasteiger partial charge in [-0.3, -0.25) is 9.69 Å². The first-order valence-corrected chi connectivity index (χ1v) is 6.08. The number of carbonyl (C=O) groups excluding carboxylic acids is 2. The number of nitrogens with zero attached hydrogens (tertiary/aromatic N) is 1. The Morgan fingerprint density at radius 3 is 2.47 bits per heavy atom. The minimum absolute atomic E-state index is 0.0101. The summed E-state index contributed by atoms with van der Waals surface area (Å²) in [6.07, 6.45) is 1.25. The first kappa shape index (κ1) is 12.7. The molecule has 86 valence electrons. The van der Waals surface area contributed by atoms with E-state index in [1.54, 1.807) is 22.6 Å². The third-order valence-electron chi connectivity index (χ3n) is 2.14. The van der Waals surface area contributed by atoms with E-state index in [1.807, 2.05) is 20.8 Å². The van der Waals surface area contributed by atoms with E-state index >= 15 is 0 Å². The van der Waals surface area contributed by atoms with Crippen LogP contribution in [0.15, 0.2) is 0 Å². The summed E-state index contributed by atoms with van der Waals surface area (Å²) in [5.41, 5.74) is -0.501. The molecule has 1 aliphatic heterocycles. The number of halogens is 1. The van der Waals surface area contributed by atoms with Gasteiger partial charge in [-0.2, -0.15) is 0 Å². The summed E-state index contributed by atoms with van der Waals surface area (Å²) >= 11 is 1.74. The molecule has 5 heteroatoms. The summed E-state index contributed by atoms with van der Waals surface area (Å²) in [7, 11) is 0. The van der Waals surface area contributed by atoms with Crippen molar-refractivity contribution >= 4 is 32.5 Å². The normalized spacial score (nSPS) is 21.6. The van der Waals surface area contributed by atoms with Crippen molar-refractivity contribution in [2.75, 3.05) is 6.54 Å². The maximum atomic E-state index is 11.7. The van der Waals surface area contributed by atoms with Crippen molar-refractivity contribution in [3.63, 3.8) is 0 Å². The van der Waals surface area contributed by atoms with Crippen molar-refractivity contribution in [3.05, 3.63) is 0 Å². The zero-order valence-electron chi connectivity index (χ0n) is 9.25. The van der Waals surface area contributed by atoms with Crippen LogP contribution in [0, 0.1) is 0 Å². The highest BCUT2D eigenvalue weighted by atomic mass is 127. The SMILES string of the molecule is CC(C)(C)OC(=O)N1CCC[C@@H]1C(=O)I. The van der Waals surface area contributed by atoms with E-state index < -0.39 is 5.60 Å². The van der Waals surface area contributed by atoms with Gasteiger partial charge >= 0.3 is 6.09 Å². The van der Waals surface area contributed by atoms with Gasteiger partial charge in [0.15, 0.2) is 0 Å². The fourth-order valence-electron chi connectivity index (χ4n) is 1.54. The Kier molecular flexibility index (Phi) is 3.97. The van der Waals surface area contributed by atoms with E-state index in [0.29, 0.717) is 6.54 Å². The van der Waals surface area contributed by atoms with Crippen LogP contribution in [-0.4, -0.2) is 33.0 Å². The van der Waals surface area contributed by atoms with Crippen LogP contribution in [0.1, 0.15) is 33.6 Å². The lowest BCUT2D eigenvalue weighted by molar-refractivity contribution is -0.113. The van der Waals surface area contributed by atoms with Gasteiger partial charge in [0, 0.05) is 29.1 Å². The van der Waals surface area contributed by atoms with Crippen molar-refractivity contribution in [1.82, 2.24) is 4.90 Å². The molecule has 0 spiro atoms. The van der Waals surface area contributed by atoms with Crippen LogP contribution in [0.2, 0.25) is 0 Å². The van der Waals surface area contributed by atoms with Crippen LogP contribution in [0.5, 0.6) is 0 Å². The summed E-state index contributed by atoms with van der Waals surface area (Å²) < 4.78 is 5.24. The van der Waals surface area contributed by atoms with Crippen LogP contribution >= 0.6 is 22.6 Å². The lowest BCUT2D eigenvalue weighted by Crippen LogP contribution is -2.42. The zero-order chi connectivity index (χ0) is 11.6. The highest BCUT2D eigenvalue weighted by molar-refractivity contribution is 14.1. The minimum Gasteiger partial charge on any atom is -0.444 e. The van der Waals surface area contributed by atoms with Crippen LogP contribution in [0.4, 0.5) is 4.79 Å². The van der Waals surface area contributed by atoms with Crippen molar-refractivity contribution in [1.29, 1.82) is 0 Å². The molecule has 0 N–H and O–H groups in total. The third kappa shape index (κ3) is 3.62. The van der Waals surface area contributed by atoms with Crippen LogP contribution in [0.3, 0.4) is 0 Å². The highest BCUT2D eigenvalue weighted by Gasteiger charge is 2.35. The minimum atomic E-state index is -0.501. The predicted molar refractivity (Wildman–Crippen MR) is 65.0 cm³/mol. The first-order chi connectivity index (χ1) is 6.81. The second-order valence-electron chi connectivity index (χ2n) is 4.64. The number of hydrogen-bond donors (Lipinski definition) is 0. The molecular weight excluding hydrogens is 309 g/mol. The largest absolute Gasteiger partial charge is 0.444 e. The Labute approximate surface area is 103 Å². The van der Waals surface area contributed by atoms with Gasteiger partial charge in [-0.05, 0) is 33.6 Å². The molecule has 0 aromatic carbocycles. The molecule has 1 saturated heterocycles. The van der Waals surface area contributed by atoms with Gasteiger partial charge in [-0.25, -0.2) is 4.79 Å². The molecule has 15 heavy (non-hydrogen) atoms. The molecule has 1 heterocycles. The van der Waals surface area contributed by atoms with E-state index in [-0.39, 0.29) is 15.9 Å². The Bertz CT molecular complexity index is 272. The monoisotopic (exact) mass is 325 g/mol. The third-order valence-corrected chi connectivity index (χ3v) is 2.86. The fraction of sp³-hybridized carbons (Fsp3) is 0.800. The molecule has 0 aliphatic carbocycles. The van der Waals surface area contributed by atoms with Gasteiger partial charge in [0.2, 0.25) is 3.79 Å². The number of likely N-dealkylation sites (tertiary alicyclic amines) is 1. The molecule has 0 aromatic rings. The Balaban J connectivity index is 2.63. The smallest absolute Gasteiger partial charge is 0.410 e. The molecule has 0 radical (unpaired) electrons. The fourth-order valence-corrected chi connectivity index (χ4v) is 2.19. The number of amides is 1. The molecule has 0 aromatic heterocycles. The molecule has 0 saturated carbocycles. The van der Waals surface area contributed by atoms with E-state index in [1.165, 1.54) is 4.90 Å². The summed E-state index contributed by atoms with van der Waals surface area (Å²) in [5.74, 6) is 0. The Morgan fingerprint density at radius 2 is 2.00 bits per heavy atom. The predicted octanol–water partition coefficient (Wildman–Crippen LogP) is 2.35. The molecule has 1 fully saturated rings. The molecule has 4 nitrogen and oxygen atoms in total. The van der Waals surface area contributed by atoms with Gasteiger partial charge in [0.05, 0.1) is 0 Å². The summed E-state index contributed by atoms with van der Waals surface area (Å²) in [4.78, 5) is 24.5. The van der Waals surface area contributed by atoms with E-state index in [9.17, 15) is 9.59 Å². The number of hydrogen-bond acceptors (Lipinski definition) is 3. The summed E-state index contributed by atoms with van der Waals surface area (Å²) in [5, 5.41) is 0. The van der Waals surface area contributed by atoms with E-state index in [0.717, 1.165) is 12.8 Å².